The molecule has 0 radical (unpaired) electrons. The highest BCUT2D eigenvalue weighted by Crippen LogP contribution is 2.08. The Morgan fingerprint density at radius 2 is 2.04 bits per heavy atom. The molecule has 0 fully saturated rings. The number of rotatable bonds is 7. The third kappa shape index (κ3) is 6.40. The molecule has 0 aliphatic heterocycles. The lowest BCUT2D eigenvalue weighted by molar-refractivity contribution is 0.593. The summed E-state index contributed by atoms with van der Waals surface area (Å²) >= 11 is 1.70. The number of nitrogens with one attached hydrogen (secondary N) is 2. The summed E-state index contributed by atoms with van der Waals surface area (Å²) in [5.74, 6) is 0.859. The predicted octanol–water partition coefficient (Wildman–Crippen LogP) is 3.18. The summed E-state index contributed by atoms with van der Waals surface area (Å²) in [6.45, 7) is 5.07. The number of nitrogens with zero attached hydrogens (tertiary/aromatic N) is 2. The maximum Gasteiger partial charge on any atom is 0.191 e. The number of hydrogen-bond donors (Lipinski definition) is 2. The van der Waals surface area contributed by atoms with Crippen molar-refractivity contribution in [1.29, 1.82) is 0 Å². The average Bonchev–Trinajstić information content (AvgIpc) is 2.98. The van der Waals surface area contributed by atoms with E-state index in [9.17, 15) is 0 Å². The summed E-state index contributed by atoms with van der Waals surface area (Å²) in [6.07, 6.45) is 3.07. The van der Waals surface area contributed by atoms with Crippen LogP contribution in [0.4, 0.5) is 0 Å². The monoisotopic (exact) mass is 330 g/mol. The molecular formula is C18H26N4S. The predicted molar refractivity (Wildman–Crippen MR) is 99.3 cm³/mol. The van der Waals surface area contributed by atoms with E-state index in [1.54, 1.807) is 11.3 Å². The summed E-state index contributed by atoms with van der Waals surface area (Å²) in [6, 6.07) is 11.0. The van der Waals surface area contributed by atoms with Crippen molar-refractivity contribution in [3.05, 3.63) is 52.0 Å². The minimum atomic E-state index is 0.378. The van der Waals surface area contributed by atoms with Crippen molar-refractivity contribution >= 4 is 17.3 Å². The second-order valence-corrected chi connectivity index (χ2v) is 6.74. The first-order chi connectivity index (χ1) is 11.2. The van der Waals surface area contributed by atoms with Crippen LogP contribution >= 0.6 is 11.3 Å². The van der Waals surface area contributed by atoms with E-state index >= 15 is 0 Å². The fourth-order valence-corrected chi connectivity index (χ4v) is 3.01. The quantitative estimate of drug-likeness (QED) is 0.605. The number of benzene rings is 1. The molecule has 1 aromatic heterocycles. The second-order valence-electron chi connectivity index (χ2n) is 5.68. The minimum Gasteiger partial charge on any atom is -0.356 e. The Kier molecular flexibility index (Phi) is 7.07. The van der Waals surface area contributed by atoms with E-state index in [1.165, 1.54) is 5.56 Å². The van der Waals surface area contributed by atoms with Gasteiger partial charge in [0.25, 0.3) is 0 Å². The Bertz CT molecular complexity index is 606. The molecule has 0 saturated carbocycles. The first-order valence-corrected chi connectivity index (χ1v) is 8.97. The van der Waals surface area contributed by atoms with Gasteiger partial charge in [0, 0.05) is 31.4 Å². The van der Waals surface area contributed by atoms with E-state index in [4.69, 9.17) is 0 Å². The van der Waals surface area contributed by atoms with Crippen molar-refractivity contribution < 1.29 is 0 Å². The van der Waals surface area contributed by atoms with E-state index in [-0.39, 0.29) is 0 Å². The smallest absolute Gasteiger partial charge is 0.191 e. The number of thiazole rings is 1. The van der Waals surface area contributed by atoms with Crippen LogP contribution in [0.25, 0.3) is 0 Å². The number of aryl methyl sites for hydroxylation is 2. The molecule has 0 amide bonds. The Balaban J connectivity index is 1.69. The normalized spacial score (nSPS) is 12.9. The molecule has 1 atom stereocenters. The van der Waals surface area contributed by atoms with Gasteiger partial charge in [0.2, 0.25) is 0 Å². The molecule has 1 heterocycles. The van der Waals surface area contributed by atoms with E-state index in [0.717, 1.165) is 42.5 Å². The summed E-state index contributed by atoms with van der Waals surface area (Å²) in [7, 11) is 1.81. The molecular weight excluding hydrogens is 304 g/mol. The molecule has 0 aliphatic rings. The van der Waals surface area contributed by atoms with Gasteiger partial charge < -0.3 is 10.6 Å². The lowest BCUT2D eigenvalue weighted by Crippen LogP contribution is -2.43. The van der Waals surface area contributed by atoms with Gasteiger partial charge in [-0.3, -0.25) is 4.99 Å². The molecule has 2 N–H and O–H groups in total. The standard InChI is InChI=1S/C18H26N4S/c1-14(9-10-16-7-5-4-6-8-16)21-18(19-3)20-12-11-17-13-23-15(2)22-17/h4-8,13-14H,9-12H2,1-3H3,(H2,19,20,21). The summed E-state index contributed by atoms with van der Waals surface area (Å²) in [4.78, 5) is 8.77. The van der Waals surface area contributed by atoms with Crippen LogP contribution in [0.3, 0.4) is 0 Å². The first kappa shape index (κ1) is 17.5. The Morgan fingerprint density at radius 3 is 2.70 bits per heavy atom. The lowest BCUT2D eigenvalue weighted by atomic mass is 10.1. The highest BCUT2D eigenvalue weighted by atomic mass is 32.1. The van der Waals surface area contributed by atoms with Crippen LogP contribution < -0.4 is 10.6 Å². The third-order valence-electron chi connectivity index (χ3n) is 3.66. The maximum absolute atomic E-state index is 4.48. The average molecular weight is 331 g/mol. The summed E-state index contributed by atoms with van der Waals surface area (Å²) < 4.78 is 0. The van der Waals surface area contributed by atoms with Gasteiger partial charge in [-0.05, 0) is 32.3 Å². The number of guanidine groups is 1. The molecule has 4 nitrogen and oxygen atoms in total. The van der Waals surface area contributed by atoms with Crippen LogP contribution in [-0.4, -0.2) is 30.6 Å². The van der Waals surface area contributed by atoms with Gasteiger partial charge in [0.1, 0.15) is 0 Å². The van der Waals surface area contributed by atoms with Gasteiger partial charge >= 0.3 is 0 Å². The Morgan fingerprint density at radius 1 is 1.26 bits per heavy atom. The molecule has 1 unspecified atom stereocenters. The van der Waals surface area contributed by atoms with Gasteiger partial charge in [0.05, 0.1) is 10.7 Å². The zero-order valence-corrected chi connectivity index (χ0v) is 15.0. The van der Waals surface area contributed by atoms with Crippen LogP contribution in [0.1, 0.15) is 29.6 Å². The van der Waals surface area contributed by atoms with E-state index in [2.05, 4.69) is 63.2 Å². The second kappa shape index (κ2) is 9.30. The molecule has 2 rings (SSSR count). The SMILES string of the molecule is CN=C(NCCc1csc(C)n1)NC(C)CCc1ccccc1. The molecule has 23 heavy (non-hydrogen) atoms. The van der Waals surface area contributed by atoms with Crippen molar-refractivity contribution in [2.24, 2.45) is 4.99 Å². The van der Waals surface area contributed by atoms with Crippen LogP contribution in [0, 0.1) is 6.92 Å². The number of aromatic nitrogens is 1. The lowest BCUT2D eigenvalue weighted by Gasteiger charge is -2.17. The molecule has 0 saturated heterocycles. The van der Waals surface area contributed by atoms with Crippen molar-refractivity contribution in [3.63, 3.8) is 0 Å². The van der Waals surface area contributed by atoms with E-state index in [0.29, 0.717) is 6.04 Å². The van der Waals surface area contributed by atoms with Crippen LogP contribution in [-0.2, 0) is 12.8 Å². The fraction of sp³-hybridized carbons (Fsp3) is 0.444. The Labute approximate surface area is 143 Å². The molecule has 1 aromatic carbocycles. The Hall–Kier alpha value is -1.88. The zero-order valence-electron chi connectivity index (χ0n) is 14.2. The van der Waals surface area contributed by atoms with Crippen molar-refractivity contribution in [2.45, 2.75) is 39.2 Å². The van der Waals surface area contributed by atoms with Crippen molar-refractivity contribution in [2.75, 3.05) is 13.6 Å². The summed E-state index contributed by atoms with van der Waals surface area (Å²) in [5, 5.41) is 10.1. The number of hydrogen-bond acceptors (Lipinski definition) is 3. The van der Waals surface area contributed by atoms with Gasteiger partial charge in [-0.15, -0.1) is 11.3 Å². The highest BCUT2D eigenvalue weighted by Gasteiger charge is 2.06. The maximum atomic E-state index is 4.48. The minimum absolute atomic E-state index is 0.378. The van der Waals surface area contributed by atoms with Crippen LogP contribution in [0.2, 0.25) is 0 Å². The van der Waals surface area contributed by atoms with Gasteiger partial charge in [0.15, 0.2) is 5.96 Å². The summed E-state index contributed by atoms with van der Waals surface area (Å²) in [5.41, 5.74) is 2.52. The van der Waals surface area contributed by atoms with E-state index in [1.807, 2.05) is 14.0 Å². The van der Waals surface area contributed by atoms with Crippen molar-refractivity contribution in [3.8, 4) is 0 Å². The van der Waals surface area contributed by atoms with Crippen LogP contribution in [0.5, 0.6) is 0 Å². The van der Waals surface area contributed by atoms with Gasteiger partial charge in [-0.25, -0.2) is 4.98 Å². The van der Waals surface area contributed by atoms with Crippen molar-refractivity contribution in [1.82, 2.24) is 15.6 Å². The molecule has 0 bridgehead atoms. The topological polar surface area (TPSA) is 49.3 Å². The highest BCUT2D eigenvalue weighted by molar-refractivity contribution is 7.09. The van der Waals surface area contributed by atoms with Gasteiger partial charge in [-0.1, -0.05) is 30.3 Å². The first-order valence-electron chi connectivity index (χ1n) is 8.09. The largest absolute Gasteiger partial charge is 0.356 e. The molecule has 0 spiro atoms. The fourth-order valence-electron chi connectivity index (χ4n) is 2.36. The molecule has 124 valence electrons. The molecule has 5 heteroatoms. The molecule has 2 aromatic rings. The van der Waals surface area contributed by atoms with Gasteiger partial charge in [-0.2, -0.15) is 0 Å². The molecule has 0 aliphatic carbocycles. The third-order valence-corrected chi connectivity index (χ3v) is 4.48. The number of aliphatic imine (C=N–C) groups is 1. The van der Waals surface area contributed by atoms with Crippen LogP contribution in [0.15, 0.2) is 40.7 Å². The van der Waals surface area contributed by atoms with E-state index < -0.39 is 0 Å². The zero-order chi connectivity index (χ0) is 16.5.